The van der Waals surface area contributed by atoms with E-state index < -0.39 is 0 Å². The smallest absolute Gasteiger partial charge is 0.0663 e. The molecule has 1 saturated heterocycles. The van der Waals surface area contributed by atoms with Crippen molar-refractivity contribution in [2.45, 2.75) is 58.0 Å². The van der Waals surface area contributed by atoms with Crippen molar-refractivity contribution in [2.24, 2.45) is 5.73 Å². The summed E-state index contributed by atoms with van der Waals surface area (Å²) in [7, 11) is 0. The summed E-state index contributed by atoms with van der Waals surface area (Å²) in [6.45, 7) is 6.88. The Morgan fingerprint density at radius 1 is 1.26 bits per heavy atom. The van der Waals surface area contributed by atoms with E-state index in [1.165, 1.54) is 11.1 Å². The molecule has 0 aliphatic carbocycles. The van der Waals surface area contributed by atoms with Crippen LogP contribution in [0.15, 0.2) is 24.3 Å². The van der Waals surface area contributed by atoms with Gasteiger partial charge in [-0.3, -0.25) is 0 Å². The molecular formula is C16H25NO2. The maximum atomic E-state index is 6.23. The summed E-state index contributed by atoms with van der Waals surface area (Å²) in [6, 6.07) is 8.19. The highest BCUT2D eigenvalue weighted by Crippen LogP contribution is 2.23. The van der Waals surface area contributed by atoms with Crippen LogP contribution in [0.1, 0.15) is 43.9 Å². The van der Waals surface area contributed by atoms with E-state index in [4.69, 9.17) is 15.2 Å². The van der Waals surface area contributed by atoms with E-state index in [1.807, 2.05) is 12.1 Å². The molecule has 0 aromatic heterocycles. The fourth-order valence-corrected chi connectivity index (χ4v) is 2.81. The maximum absolute atomic E-state index is 6.23. The summed E-state index contributed by atoms with van der Waals surface area (Å²) in [4.78, 5) is 0. The third-order valence-corrected chi connectivity index (χ3v) is 3.75. The first-order valence-corrected chi connectivity index (χ1v) is 7.14. The molecule has 2 N–H and O–H groups in total. The summed E-state index contributed by atoms with van der Waals surface area (Å²) in [6.07, 6.45) is 2.76. The predicted molar refractivity (Wildman–Crippen MR) is 77.1 cm³/mol. The van der Waals surface area contributed by atoms with E-state index >= 15 is 0 Å². The van der Waals surface area contributed by atoms with E-state index in [2.05, 4.69) is 32.9 Å². The van der Waals surface area contributed by atoms with Crippen molar-refractivity contribution in [3.05, 3.63) is 35.4 Å². The third kappa shape index (κ3) is 4.03. The predicted octanol–water partition coefficient (Wildman–Crippen LogP) is 2.97. The molecule has 19 heavy (non-hydrogen) atoms. The normalized spacial score (nSPS) is 29.2. The van der Waals surface area contributed by atoms with Gasteiger partial charge in [-0.15, -0.1) is 0 Å². The minimum atomic E-state index is -0.0466. The molecule has 0 bridgehead atoms. The Balaban J connectivity index is 1.87. The lowest BCUT2D eigenvalue weighted by Crippen LogP contribution is -2.35. The van der Waals surface area contributed by atoms with Gasteiger partial charge in [-0.2, -0.15) is 0 Å². The lowest BCUT2D eigenvalue weighted by molar-refractivity contribution is -0.103. The van der Waals surface area contributed by atoms with Crippen LogP contribution in [0.5, 0.6) is 0 Å². The van der Waals surface area contributed by atoms with Gasteiger partial charge in [-0.05, 0) is 44.7 Å². The van der Waals surface area contributed by atoms with Crippen LogP contribution in [-0.4, -0.2) is 24.9 Å². The Morgan fingerprint density at radius 2 is 1.89 bits per heavy atom. The van der Waals surface area contributed by atoms with Crippen molar-refractivity contribution in [1.82, 2.24) is 0 Å². The van der Waals surface area contributed by atoms with Crippen molar-refractivity contribution >= 4 is 0 Å². The van der Waals surface area contributed by atoms with Crippen molar-refractivity contribution < 1.29 is 9.47 Å². The minimum absolute atomic E-state index is 0.0466. The van der Waals surface area contributed by atoms with Gasteiger partial charge >= 0.3 is 0 Å². The second-order valence-electron chi connectivity index (χ2n) is 5.65. The molecule has 1 fully saturated rings. The summed E-state index contributed by atoms with van der Waals surface area (Å²) in [5.74, 6) is 0. The Bertz CT molecular complexity index is 397. The molecule has 1 aliphatic rings. The minimum Gasteiger partial charge on any atom is -0.376 e. The van der Waals surface area contributed by atoms with Gasteiger partial charge in [0.2, 0.25) is 0 Å². The Kier molecular flexibility index (Phi) is 4.97. The van der Waals surface area contributed by atoms with Crippen LogP contribution in [0.4, 0.5) is 0 Å². The molecule has 1 aliphatic heterocycles. The van der Waals surface area contributed by atoms with Gasteiger partial charge in [0.1, 0.15) is 0 Å². The van der Waals surface area contributed by atoms with Gasteiger partial charge in [-0.1, -0.05) is 24.3 Å². The fourth-order valence-electron chi connectivity index (χ4n) is 2.81. The van der Waals surface area contributed by atoms with Gasteiger partial charge in [0.05, 0.1) is 31.0 Å². The molecule has 0 radical (unpaired) electrons. The second kappa shape index (κ2) is 6.51. The zero-order valence-electron chi connectivity index (χ0n) is 12.1. The summed E-state index contributed by atoms with van der Waals surface area (Å²) < 4.78 is 11.7. The van der Waals surface area contributed by atoms with Crippen molar-refractivity contribution in [2.75, 3.05) is 6.61 Å². The van der Waals surface area contributed by atoms with Crippen LogP contribution in [0.25, 0.3) is 0 Å². The SMILES string of the molecule is Cc1ccccc1C(N)COC1CC(C)OC(C)C1. The highest BCUT2D eigenvalue weighted by atomic mass is 16.5. The second-order valence-corrected chi connectivity index (χ2v) is 5.65. The van der Waals surface area contributed by atoms with Crippen molar-refractivity contribution in [1.29, 1.82) is 0 Å². The van der Waals surface area contributed by atoms with Gasteiger partial charge in [0.15, 0.2) is 0 Å². The number of benzene rings is 1. The van der Waals surface area contributed by atoms with E-state index in [9.17, 15) is 0 Å². The first-order valence-electron chi connectivity index (χ1n) is 7.14. The largest absolute Gasteiger partial charge is 0.376 e. The Labute approximate surface area is 116 Å². The number of aryl methyl sites for hydroxylation is 1. The first kappa shape index (κ1) is 14.5. The molecule has 0 spiro atoms. The number of nitrogens with two attached hydrogens (primary N) is 1. The zero-order valence-corrected chi connectivity index (χ0v) is 12.1. The number of ether oxygens (including phenoxy) is 2. The van der Waals surface area contributed by atoms with Crippen LogP contribution in [0.2, 0.25) is 0 Å². The van der Waals surface area contributed by atoms with E-state index in [-0.39, 0.29) is 24.4 Å². The van der Waals surface area contributed by atoms with Crippen LogP contribution in [0.3, 0.4) is 0 Å². The number of rotatable bonds is 4. The topological polar surface area (TPSA) is 44.5 Å². The van der Waals surface area contributed by atoms with Crippen molar-refractivity contribution in [3.63, 3.8) is 0 Å². The molecule has 1 aromatic carbocycles. The van der Waals surface area contributed by atoms with E-state index in [0.29, 0.717) is 6.61 Å². The zero-order chi connectivity index (χ0) is 13.8. The molecule has 0 saturated carbocycles. The van der Waals surface area contributed by atoms with Crippen LogP contribution in [-0.2, 0) is 9.47 Å². The molecule has 3 atom stereocenters. The summed E-state index contributed by atoms with van der Waals surface area (Å²) in [5, 5.41) is 0. The molecule has 1 heterocycles. The maximum Gasteiger partial charge on any atom is 0.0663 e. The molecular weight excluding hydrogens is 238 g/mol. The van der Waals surface area contributed by atoms with E-state index in [0.717, 1.165) is 12.8 Å². The fraction of sp³-hybridized carbons (Fsp3) is 0.625. The molecule has 106 valence electrons. The van der Waals surface area contributed by atoms with Gasteiger partial charge in [0, 0.05) is 0 Å². The number of hydrogen-bond acceptors (Lipinski definition) is 3. The highest BCUT2D eigenvalue weighted by Gasteiger charge is 2.25. The summed E-state index contributed by atoms with van der Waals surface area (Å²) in [5.41, 5.74) is 8.63. The summed E-state index contributed by atoms with van der Waals surface area (Å²) >= 11 is 0. The molecule has 1 aromatic rings. The average Bonchev–Trinajstić information content (AvgIpc) is 2.35. The monoisotopic (exact) mass is 263 g/mol. The molecule has 2 rings (SSSR count). The lowest BCUT2D eigenvalue weighted by atomic mass is 10.0. The average molecular weight is 263 g/mol. The van der Waals surface area contributed by atoms with Crippen LogP contribution in [0, 0.1) is 6.92 Å². The number of hydrogen-bond donors (Lipinski definition) is 1. The highest BCUT2D eigenvalue weighted by molar-refractivity contribution is 5.28. The third-order valence-electron chi connectivity index (χ3n) is 3.75. The molecule has 3 heteroatoms. The first-order chi connectivity index (χ1) is 9.06. The Hall–Kier alpha value is -0.900. The van der Waals surface area contributed by atoms with Gasteiger partial charge in [0.25, 0.3) is 0 Å². The molecule has 0 amide bonds. The molecule has 3 unspecified atom stereocenters. The van der Waals surface area contributed by atoms with E-state index in [1.54, 1.807) is 0 Å². The van der Waals surface area contributed by atoms with Crippen LogP contribution < -0.4 is 5.73 Å². The van der Waals surface area contributed by atoms with Gasteiger partial charge < -0.3 is 15.2 Å². The molecule has 3 nitrogen and oxygen atoms in total. The quantitative estimate of drug-likeness (QED) is 0.908. The van der Waals surface area contributed by atoms with Crippen molar-refractivity contribution in [3.8, 4) is 0 Å². The van der Waals surface area contributed by atoms with Gasteiger partial charge in [-0.25, -0.2) is 0 Å². The van der Waals surface area contributed by atoms with Crippen LogP contribution >= 0.6 is 0 Å². The standard InChI is InChI=1S/C16H25NO2/c1-11-6-4-5-7-15(11)16(17)10-18-14-8-12(2)19-13(3)9-14/h4-7,12-14,16H,8-10,17H2,1-3H3. The lowest BCUT2D eigenvalue weighted by Gasteiger charge is -2.32. The Morgan fingerprint density at radius 3 is 2.53 bits per heavy atom.